The Labute approximate surface area is 151 Å². The predicted molar refractivity (Wildman–Crippen MR) is 94.6 cm³/mol. The maximum Gasteiger partial charge on any atom is 0.307 e. The van der Waals surface area contributed by atoms with Crippen LogP contribution in [-0.4, -0.2) is 32.5 Å². The van der Waals surface area contributed by atoms with Gasteiger partial charge in [-0.25, -0.2) is 8.42 Å². The molecule has 0 saturated carbocycles. The highest BCUT2D eigenvalue weighted by atomic mass is 35.5. The molecule has 5 nitrogen and oxygen atoms in total. The highest BCUT2D eigenvalue weighted by Gasteiger charge is 2.18. The van der Waals surface area contributed by atoms with Gasteiger partial charge in [-0.3, -0.25) is 9.59 Å². The van der Waals surface area contributed by atoms with Crippen molar-refractivity contribution in [1.82, 2.24) is 0 Å². The standard InChI is InChI=1S/C18H17ClO5S/c1-13-2-4-14(5-3-13)17(20)12-24-18(21)10-11-25(22,23)16-8-6-15(19)7-9-16/h2-9H,10-12H2,1H3. The zero-order chi connectivity index (χ0) is 18.4. The van der Waals surface area contributed by atoms with Crippen LogP contribution in [0.1, 0.15) is 22.3 Å². The van der Waals surface area contributed by atoms with E-state index in [1.807, 2.05) is 6.92 Å². The van der Waals surface area contributed by atoms with E-state index in [4.69, 9.17) is 16.3 Å². The van der Waals surface area contributed by atoms with Gasteiger partial charge in [0.2, 0.25) is 0 Å². The molecule has 0 amide bonds. The third-order valence-corrected chi connectivity index (χ3v) is 5.47. The van der Waals surface area contributed by atoms with Gasteiger partial charge in [0.25, 0.3) is 0 Å². The monoisotopic (exact) mass is 380 g/mol. The summed E-state index contributed by atoms with van der Waals surface area (Å²) in [6.07, 6.45) is -0.327. The molecule has 7 heteroatoms. The molecule has 0 N–H and O–H groups in total. The smallest absolute Gasteiger partial charge is 0.307 e. The molecular formula is C18H17ClO5S. The average Bonchev–Trinajstić information content (AvgIpc) is 2.59. The highest BCUT2D eigenvalue weighted by Crippen LogP contribution is 2.16. The SMILES string of the molecule is Cc1ccc(C(=O)COC(=O)CCS(=O)(=O)c2ccc(Cl)cc2)cc1. The summed E-state index contributed by atoms with van der Waals surface area (Å²) in [6.45, 7) is 1.48. The normalized spacial score (nSPS) is 11.1. The van der Waals surface area contributed by atoms with Crippen molar-refractivity contribution in [3.8, 4) is 0 Å². The van der Waals surface area contributed by atoms with Gasteiger partial charge in [0.15, 0.2) is 22.2 Å². The summed E-state index contributed by atoms with van der Waals surface area (Å²) in [5, 5.41) is 0.424. The largest absolute Gasteiger partial charge is 0.457 e. The number of ketones is 1. The second-order valence-corrected chi connectivity index (χ2v) is 8.02. The summed E-state index contributed by atoms with van der Waals surface area (Å²) in [5.74, 6) is -1.47. The summed E-state index contributed by atoms with van der Waals surface area (Å²) in [7, 11) is -3.61. The summed E-state index contributed by atoms with van der Waals surface area (Å²) in [6, 6.07) is 12.6. The second kappa shape index (κ2) is 8.27. The van der Waals surface area contributed by atoms with Crippen LogP contribution >= 0.6 is 11.6 Å². The Kier molecular flexibility index (Phi) is 6.33. The first-order valence-electron chi connectivity index (χ1n) is 7.52. The zero-order valence-electron chi connectivity index (χ0n) is 13.6. The van der Waals surface area contributed by atoms with Crippen LogP contribution in [0.25, 0.3) is 0 Å². The van der Waals surface area contributed by atoms with Crippen LogP contribution in [-0.2, 0) is 19.4 Å². The van der Waals surface area contributed by atoms with Gasteiger partial charge in [-0.2, -0.15) is 0 Å². The van der Waals surface area contributed by atoms with Crippen LogP contribution in [0, 0.1) is 6.92 Å². The minimum Gasteiger partial charge on any atom is -0.457 e. The number of Topliss-reactive ketones (excluding diaryl/α,β-unsaturated/α-hetero) is 1. The van der Waals surface area contributed by atoms with E-state index in [1.165, 1.54) is 24.3 Å². The molecule has 0 unspecified atom stereocenters. The van der Waals surface area contributed by atoms with Crippen LogP contribution < -0.4 is 0 Å². The van der Waals surface area contributed by atoms with Gasteiger partial charge >= 0.3 is 5.97 Å². The molecule has 0 heterocycles. The minimum absolute atomic E-state index is 0.0837. The number of hydrogen-bond acceptors (Lipinski definition) is 5. The van der Waals surface area contributed by atoms with Gasteiger partial charge in [-0.1, -0.05) is 41.4 Å². The van der Waals surface area contributed by atoms with E-state index in [0.717, 1.165) is 5.56 Å². The van der Waals surface area contributed by atoms with Crippen molar-refractivity contribution in [2.24, 2.45) is 0 Å². The molecule has 0 fully saturated rings. The number of carbonyl (C=O) groups is 2. The van der Waals surface area contributed by atoms with Gasteiger partial charge in [-0.15, -0.1) is 0 Å². The second-order valence-electron chi connectivity index (χ2n) is 5.47. The number of sulfone groups is 1. The first-order valence-corrected chi connectivity index (χ1v) is 9.55. The van der Waals surface area contributed by atoms with Crippen LogP contribution in [0.4, 0.5) is 0 Å². The molecule has 132 valence electrons. The molecule has 0 aromatic heterocycles. The molecule has 0 atom stereocenters. The Morgan fingerprint density at radius 2 is 1.60 bits per heavy atom. The lowest BCUT2D eigenvalue weighted by Gasteiger charge is -2.06. The van der Waals surface area contributed by atoms with Gasteiger partial charge in [0.1, 0.15) is 0 Å². The Hall–Kier alpha value is -2.18. The molecule has 0 aliphatic rings. The van der Waals surface area contributed by atoms with Crippen molar-refractivity contribution < 1.29 is 22.7 Å². The molecule has 0 aliphatic carbocycles. The average molecular weight is 381 g/mol. The fourth-order valence-corrected chi connectivity index (χ4v) is 3.37. The lowest BCUT2D eigenvalue weighted by Crippen LogP contribution is -2.17. The summed E-state index contributed by atoms with van der Waals surface area (Å²) < 4.78 is 29.1. The Bertz CT molecular complexity index is 855. The fraction of sp³-hybridized carbons (Fsp3) is 0.222. The Balaban J connectivity index is 1.85. The molecule has 2 aromatic rings. The van der Waals surface area contributed by atoms with E-state index in [9.17, 15) is 18.0 Å². The van der Waals surface area contributed by atoms with E-state index in [-0.39, 0.29) is 17.1 Å². The number of hydrogen-bond donors (Lipinski definition) is 0. The van der Waals surface area contributed by atoms with E-state index in [2.05, 4.69) is 0 Å². The van der Waals surface area contributed by atoms with Crippen molar-refractivity contribution in [1.29, 1.82) is 0 Å². The molecule has 2 rings (SSSR count). The van der Waals surface area contributed by atoms with E-state index in [1.54, 1.807) is 24.3 Å². The summed E-state index contributed by atoms with van der Waals surface area (Å²) >= 11 is 5.72. The molecule has 0 spiro atoms. The summed E-state index contributed by atoms with van der Waals surface area (Å²) in [5.41, 5.74) is 1.45. The fourth-order valence-electron chi connectivity index (χ4n) is 2.02. The zero-order valence-corrected chi connectivity index (χ0v) is 15.1. The van der Waals surface area contributed by atoms with E-state index >= 15 is 0 Å². The molecule has 2 aromatic carbocycles. The number of esters is 1. The first kappa shape index (κ1) is 19.1. The molecule has 0 radical (unpaired) electrons. The Morgan fingerprint density at radius 3 is 2.20 bits per heavy atom. The van der Waals surface area contributed by atoms with E-state index in [0.29, 0.717) is 10.6 Å². The van der Waals surface area contributed by atoms with Gasteiger partial charge in [0.05, 0.1) is 17.1 Å². The van der Waals surface area contributed by atoms with E-state index < -0.39 is 28.2 Å². The predicted octanol–water partition coefficient (Wildman–Crippen LogP) is 3.24. The summed E-state index contributed by atoms with van der Waals surface area (Å²) in [4.78, 5) is 23.7. The van der Waals surface area contributed by atoms with Crippen LogP contribution in [0.5, 0.6) is 0 Å². The van der Waals surface area contributed by atoms with Crippen LogP contribution in [0.15, 0.2) is 53.4 Å². The van der Waals surface area contributed by atoms with Crippen molar-refractivity contribution in [3.63, 3.8) is 0 Å². The molecular weight excluding hydrogens is 364 g/mol. The van der Waals surface area contributed by atoms with Crippen LogP contribution in [0.3, 0.4) is 0 Å². The minimum atomic E-state index is -3.61. The lowest BCUT2D eigenvalue weighted by atomic mass is 10.1. The highest BCUT2D eigenvalue weighted by molar-refractivity contribution is 7.91. The number of halogens is 1. The first-order chi connectivity index (χ1) is 11.8. The number of carbonyl (C=O) groups excluding carboxylic acids is 2. The van der Waals surface area contributed by atoms with Crippen molar-refractivity contribution >= 4 is 33.2 Å². The van der Waals surface area contributed by atoms with Crippen molar-refractivity contribution in [3.05, 3.63) is 64.7 Å². The van der Waals surface area contributed by atoms with Gasteiger partial charge in [0, 0.05) is 10.6 Å². The van der Waals surface area contributed by atoms with Crippen molar-refractivity contribution in [2.75, 3.05) is 12.4 Å². The lowest BCUT2D eigenvalue weighted by molar-refractivity contribution is -0.142. The topological polar surface area (TPSA) is 77.5 Å². The number of rotatable bonds is 7. The molecule has 25 heavy (non-hydrogen) atoms. The van der Waals surface area contributed by atoms with Crippen LogP contribution in [0.2, 0.25) is 5.02 Å². The maximum atomic E-state index is 12.1. The molecule has 0 aliphatic heterocycles. The van der Waals surface area contributed by atoms with Gasteiger partial charge < -0.3 is 4.74 Å². The number of ether oxygens (including phenoxy) is 1. The maximum absolute atomic E-state index is 12.1. The number of benzene rings is 2. The third-order valence-electron chi connectivity index (χ3n) is 3.49. The Morgan fingerprint density at radius 1 is 1.00 bits per heavy atom. The molecule has 0 saturated heterocycles. The third kappa shape index (κ3) is 5.69. The van der Waals surface area contributed by atoms with Gasteiger partial charge in [-0.05, 0) is 31.2 Å². The van der Waals surface area contributed by atoms with Crippen molar-refractivity contribution in [2.45, 2.75) is 18.2 Å². The molecule has 0 bridgehead atoms. The quantitative estimate of drug-likeness (QED) is 0.544. The number of aryl methyl sites for hydroxylation is 1.